The lowest BCUT2D eigenvalue weighted by atomic mass is 10.1. The van der Waals surface area contributed by atoms with Crippen LogP contribution in [0.4, 0.5) is 4.39 Å². The molecule has 0 aliphatic heterocycles. The number of pyridine rings is 1. The summed E-state index contributed by atoms with van der Waals surface area (Å²) in [4.78, 5) is 27.7. The molecule has 1 aromatic heterocycles. The Labute approximate surface area is 129 Å². The summed E-state index contributed by atoms with van der Waals surface area (Å²) in [7, 11) is 0. The highest BCUT2D eigenvalue weighted by Gasteiger charge is 2.16. The van der Waals surface area contributed by atoms with Crippen molar-refractivity contribution in [2.45, 2.75) is 13.3 Å². The van der Waals surface area contributed by atoms with Crippen molar-refractivity contribution in [2.75, 3.05) is 0 Å². The van der Waals surface area contributed by atoms with E-state index in [4.69, 9.17) is 4.74 Å². The lowest BCUT2D eigenvalue weighted by Crippen LogP contribution is -2.12. The number of rotatable bonds is 4. The van der Waals surface area contributed by atoms with Gasteiger partial charge >= 0.3 is 5.97 Å². The maximum atomic E-state index is 13.3. The van der Waals surface area contributed by atoms with Crippen molar-refractivity contribution in [2.24, 2.45) is 0 Å². The van der Waals surface area contributed by atoms with Gasteiger partial charge in [-0.25, -0.2) is 9.18 Å². The van der Waals surface area contributed by atoms with Crippen LogP contribution in [-0.2, 0) is 0 Å². The van der Waals surface area contributed by atoms with Crippen LogP contribution in [0.15, 0.2) is 41.1 Å². The minimum absolute atomic E-state index is 0.0909. The minimum Gasteiger partial charge on any atom is -0.422 e. The maximum absolute atomic E-state index is 13.3. The summed E-state index contributed by atoms with van der Waals surface area (Å²) in [6, 6.07) is 5.01. The van der Waals surface area contributed by atoms with Gasteiger partial charge in [0.2, 0.25) is 0 Å². The van der Waals surface area contributed by atoms with Gasteiger partial charge in [0.25, 0.3) is 0 Å². The highest BCUT2D eigenvalue weighted by molar-refractivity contribution is 9.10. The topological polar surface area (TPSA) is 56.3 Å². The zero-order chi connectivity index (χ0) is 15.4. The molecule has 1 aromatic carbocycles. The number of hydrogen-bond donors (Lipinski definition) is 0. The fourth-order valence-electron chi connectivity index (χ4n) is 1.68. The molecule has 2 aromatic rings. The molecule has 6 heteroatoms. The van der Waals surface area contributed by atoms with E-state index >= 15 is 0 Å². The highest BCUT2D eigenvalue weighted by Crippen LogP contribution is 2.23. The molecule has 21 heavy (non-hydrogen) atoms. The third kappa shape index (κ3) is 3.72. The highest BCUT2D eigenvalue weighted by atomic mass is 79.9. The lowest BCUT2D eigenvalue weighted by Gasteiger charge is -2.09. The Morgan fingerprint density at radius 2 is 2.05 bits per heavy atom. The predicted octanol–water partition coefficient (Wildman–Crippen LogP) is 3.80. The first-order valence-corrected chi connectivity index (χ1v) is 6.96. The number of carbonyl (C=O) groups is 2. The molecule has 0 N–H and O–H groups in total. The Kier molecular flexibility index (Phi) is 4.80. The lowest BCUT2D eigenvalue weighted by molar-refractivity contribution is 0.0731. The second-order valence-electron chi connectivity index (χ2n) is 4.20. The Bertz CT molecular complexity index is 703. The van der Waals surface area contributed by atoms with Crippen molar-refractivity contribution < 1.29 is 18.7 Å². The van der Waals surface area contributed by atoms with Gasteiger partial charge in [-0.3, -0.25) is 9.78 Å². The molecule has 0 saturated carbocycles. The third-order valence-electron chi connectivity index (χ3n) is 2.71. The molecule has 0 atom stereocenters. The van der Waals surface area contributed by atoms with Crippen LogP contribution in [0, 0.1) is 5.82 Å². The van der Waals surface area contributed by atoms with E-state index in [0.717, 1.165) is 12.1 Å². The van der Waals surface area contributed by atoms with Crippen molar-refractivity contribution in [3.63, 3.8) is 0 Å². The number of benzene rings is 1. The van der Waals surface area contributed by atoms with Gasteiger partial charge in [-0.1, -0.05) is 6.92 Å². The van der Waals surface area contributed by atoms with E-state index in [1.165, 1.54) is 24.5 Å². The molecule has 0 bridgehead atoms. The van der Waals surface area contributed by atoms with Crippen LogP contribution in [0.1, 0.15) is 34.1 Å². The Morgan fingerprint density at radius 1 is 1.29 bits per heavy atom. The summed E-state index contributed by atoms with van der Waals surface area (Å²) in [5.41, 5.74) is 0.374. The number of esters is 1. The number of hydrogen-bond acceptors (Lipinski definition) is 4. The molecule has 0 unspecified atom stereocenters. The van der Waals surface area contributed by atoms with Crippen molar-refractivity contribution in [3.8, 4) is 5.75 Å². The van der Waals surface area contributed by atoms with Gasteiger partial charge in [-0.15, -0.1) is 0 Å². The molecule has 4 nitrogen and oxygen atoms in total. The average Bonchev–Trinajstić information content (AvgIpc) is 2.46. The van der Waals surface area contributed by atoms with E-state index < -0.39 is 11.8 Å². The van der Waals surface area contributed by atoms with Crippen LogP contribution in [0.3, 0.4) is 0 Å². The summed E-state index contributed by atoms with van der Waals surface area (Å²) >= 11 is 3.19. The number of carbonyl (C=O) groups excluding carboxylic acids is 2. The summed E-state index contributed by atoms with van der Waals surface area (Å²) in [6.45, 7) is 1.68. The summed E-state index contributed by atoms with van der Waals surface area (Å²) in [5.74, 6) is -1.62. The first kappa shape index (κ1) is 15.3. The minimum atomic E-state index is -0.709. The number of ketones is 1. The zero-order valence-electron chi connectivity index (χ0n) is 11.1. The van der Waals surface area contributed by atoms with E-state index in [0.29, 0.717) is 4.47 Å². The van der Waals surface area contributed by atoms with Crippen molar-refractivity contribution in [1.29, 1.82) is 0 Å². The summed E-state index contributed by atoms with van der Waals surface area (Å²) in [6.07, 6.45) is 3.08. The zero-order valence-corrected chi connectivity index (χ0v) is 12.7. The van der Waals surface area contributed by atoms with E-state index in [1.54, 1.807) is 6.92 Å². The first-order chi connectivity index (χ1) is 10.0. The monoisotopic (exact) mass is 351 g/mol. The Morgan fingerprint density at radius 3 is 2.71 bits per heavy atom. The van der Waals surface area contributed by atoms with E-state index in [-0.39, 0.29) is 29.1 Å². The molecule has 1 heterocycles. The molecule has 0 saturated heterocycles. The molecule has 2 rings (SSSR count). The largest absolute Gasteiger partial charge is 0.422 e. The maximum Gasteiger partial charge on any atom is 0.345 e. The molecule has 0 amide bonds. The Balaban J connectivity index is 2.32. The molecule has 0 spiro atoms. The van der Waals surface area contributed by atoms with Crippen molar-refractivity contribution >= 4 is 27.7 Å². The van der Waals surface area contributed by atoms with Crippen molar-refractivity contribution in [1.82, 2.24) is 4.98 Å². The molecular weight excluding hydrogens is 341 g/mol. The third-order valence-corrected chi connectivity index (χ3v) is 3.14. The van der Waals surface area contributed by atoms with Crippen LogP contribution in [-0.4, -0.2) is 16.7 Å². The van der Waals surface area contributed by atoms with Gasteiger partial charge in [0.05, 0.1) is 11.1 Å². The standard InChI is InChI=1S/C15H11BrFNO3/c1-2-13(19)12-4-3-11(17)6-14(12)21-15(20)9-5-10(16)8-18-7-9/h3-8H,2H2,1H3. The SMILES string of the molecule is CCC(=O)c1ccc(F)cc1OC(=O)c1cncc(Br)c1. The average molecular weight is 352 g/mol. The van der Waals surface area contributed by atoms with Crippen LogP contribution in [0.25, 0.3) is 0 Å². The summed E-state index contributed by atoms with van der Waals surface area (Å²) in [5, 5.41) is 0. The Hall–Kier alpha value is -2.08. The second-order valence-corrected chi connectivity index (χ2v) is 5.11. The van der Waals surface area contributed by atoms with E-state index in [9.17, 15) is 14.0 Å². The summed E-state index contributed by atoms with van der Waals surface area (Å²) < 4.78 is 19.1. The van der Waals surface area contributed by atoms with Crippen LogP contribution in [0.2, 0.25) is 0 Å². The molecule has 108 valence electrons. The molecule has 0 aliphatic rings. The van der Waals surface area contributed by atoms with Crippen molar-refractivity contribution in [3.05, 3.63) is 58.1 Å². The fraction of sp³-hybridized carbons (Fsp3) is 0.133. The van der Waals surface area contributed by atoms with Crippen LogP contribution >= 0.6 is 15.9 Å². The van der Waals surface area contributed by atoms with Gasteiger partial charge in [0.15, 0.2) is 5.78 Å². The van der Waals surface area contributed by atoms with Gasteiger partial charge in [-0.2, -0.15) is 0 Å². The molecular formula is C15H11BrFNO3. The van der Waals surface area contributed by atoms with Crippen LogP contribution in [0.5, 0.6) is 5.75 Å². The molecule has 0 aliphatic carbocycles. The van der Waals surface area contributed by atoms with Gasteiger partial charge in [0, 0.05) is 29.4 Å². The predicted molar refractivity (Wildman–Crippen MR) is 77.9 cm³/mol. The number of Topliss-reactive ketones (excluding diaryl/α,β-unsaturated/α-hetero) is 1. The fourth-order valence-corrected chi connectivity index (χ4v) is 2.05. The van der Waals surface area contributed by atoms with E-state index in [2.05, 4.69) is 20.9 Å². The molecule has 0 radical (unpaired) electrons. The number of halogens is 2. The van der Waals surface area contributed by atoms with Gasteiger partial charge in [-0.05, 0) is 34.1 Å². The number of aromatic nitrogens is 1. The second kappa shape index (κ2) is 6.58. The first-order valence-electron chi connectivity index (χ1n) is 6.16. The van der Waals surface area contributed by atoms with Gasteiger partial charge < -0.3 is 4.74 Å². The molecule has 0 fully saturated rings. The smallest absolute Gasteiger partial charge is 0.345 e. The normalized spacial score (nSPS) is 10.2. The number of nitrogens with zero attached hydrogens (tertiary/aromatic N) is 1. The quantitative estimate of drug-likeness (QED) is 0.477. The van der Waals surface area contributed by atoms with E-state index in [1.807, 2.05) is 0 Å². The number of ether oxygens (including phenoxy) is 1. The van der Waals surface area contributed by atoms with Gasteiger partial charge in [0.1, 0.15) is 11.6 Å². The van der Waals surface area contributed by atoms with Crippen LogP contribution < -0.4 is 4.74 Å².